The molecule has 96 valence electrons. The Kier molecular flexibility index (Phi) is 2.94. The number of aromatic nitrogens is 3. The van der Waals surface area contributed by atoms with Gasteiger partial charge in [-0.05, 0) is 39.8 Å². The minimum atomic E-state index is -0.287. The number of anilines is 1. The van der Waals surface area contributed by atoms with E-state index in [0.29, 0.717) is 11.5 Å². The third-order valence-electron chi connectivity index (χ3n) is 2.28. The van der Waals surface area contributed by atoms with Gasteiger partial charge >= 0.3 is 6.03 Å². The Morgan fingerprint density at radius 3 is 2.72 bits per heavy atom. The van der Waals surface area contributed by atoms with Crippen LogP contribution in [0.2, 0.25) is 0 Å². The Balaban J connectivity index is 2.20. The Labute approximate surface area is 105 Å². The number of H-pyrrole nitrogens is 1. The van der Waals surface area contributed by atoms with Crippen molar-refractivity contribution in [1.82, 2.24) is 20.5 Å². The number of hydrogen-bond donors (Lipinski definition) is 3. The first-order valence-corrected chi connectivity index (χ1v) is 5.76. The smallest absolute Gasteiger partial charge is 0.320 e. The maximum atomic E-state index is 11.7. The number of hydrogen-bond acceptors (Lipinski definition) is 3. The number of amides is 2. The van der Waals surface area contributed by atoms with Gasteiger partial charge in [0.25, 0.3) is 0 Å². The summed E-state index contributed by atoms with van der Waals surface area (Å²) in [4.78, 5) is 16.0. The average molecular weight is 247 g/mol. The molecule has 2 heterocycles. The summed E-state index contributed by atoms with van der Waals surface area (Å²) in [6, 6.07) is 3.48. The SMILES string of the molecule is Cc1ccc2c(NC(=O)NC(C)(C)C)n[nH]c2n1. The molecule has 0 aliphatic carbocycles. The number of rotatable bonds is 1. The summed E-state index contributed by atoms with van der Waals surface area (Å²) < 4.78 is 0. The maximum Gasteiger partial charge on any atom is 0.320 e. The van der Waals surface area contributed by atoms with E-state index in [1.807, 2.05) is 39.8 Å². The molecule has 0 fully saturated rings. The zero-order valence-electron chi connectivity index (χ0n) is 11.0. The lowest BCUT2D eigenvalue weighted by molar-refractivity contribution is 0.243. The highest BCUT2D eigenvalue weighted by Gasteiger charge is 2.15. The number of pyridine rings is 1. The zero-order valence-corrected chi connectivity index (χ0v) is 11.0. The molecule has 0 saturated heterocycles. The Hall–Kier alpha value is -2.11. The lowest BCUT2D eigenvalue weighted by atomic mass is 10.1. The van der Waals surface area contributed by atoms with E-state index in [0.717, 1.165) is 11.1 Å². The number of carbonyl (C=O) groups excluding carboxylic acids is 1. The maximum absolute atomic E-state index is 11.7. The van der Waals surface area contributed by atoms with Gasteiger partial charge in [0.1, 0.15) is 0 Å². The van der Waals surface area contributed by atoms with Gasteiger partial charge in [0.05, 0.1) is 5.39 Å². The number of aromatic amines is 1. The number of carbonyl (C=O) groups is 1. The van der Waals surface area contributed by atoms with Gasteiger partial charge in [-0.1, -0.05) is 0 Å². The van der Waals surface area contributed by atoms with Crippen LogP contribution in [0.1, 0.15) is 26.5 Å². The van der Waals surface area contributed by atoms with Crippen molar-refractivity contribution in [2.24, 2.45) is 0 Å². The summed E-state index contributed by atoms with van der Waals surface area (Å²) in [5, 5.41) is 13.2. The largest absolute Gasteiger partial charge is 0.333 e. The molecule has 0 aliphatic rings. The molecule has 2 aromatic rings. The van der Waals surface area contributed by atoms with Crippen LogP contribution >= 0.6 is 0 Å². The van der Waals surface area contributed by atoms with Crippen molar-refractivity contribution in [2.45, 2.75) is 33.2 Å². The third kappa shape index (κ3) is 2.77. The molecule has 2 rings (SSSR count). The highest BCUT2D eigenvalue weighted by atomic mass is 16.2. The van der Waals surface area contributed by atoms with Crippen LogP contribution in [0, 0.1) is 6.92 Å². The van der Waals surface area contributed by atoms with Gasteiger partial charge in [-0.3, -0.25) is 10.4 Å². The van der Waals surface area contributed by atoms with Crippen LogP contribution in [0.4, 0.5) is 10.6 Å². The molecule has 0 aromatic carbocycles. The van der Waals surface area contributed by atoms with Crippen molar-refractivity contribution in [3.8, 4) is 0 Å². The molecule has 0 unspecified atom stereocenters. The first kappa shape index (κ1) is 12.3. The zero-order chi connectivity index (χ0) is 13.3. The van der Waals surface area contributed by atoms with Gasteiger partial charge in [-0.2, -0.15) is 5.10 Å². The molecule has 0 atom stereocenters. The van der Waals surface area contributed by atoms with Gasteiger partial charge in [0.2, 0.25) is 0 Å². The predicted octanol–water partition coefficient (Wildman–Crippen LogP) is 2.19. The second kappa shape index (κ2) is 4.29. The first-order chi connectivity index (χ1) is 8.35. The fraction of sp³-hybridized carbons (Fsp3) is 0.417. The van der Waals surface area contributed by atoms with Crippen molar-refractivity contribution in [1.29, 1.82) is 0 Å². The van der Waals surface area contributed by atoms with Gasteiger partial charge in [0.15, 0.2) is 11.5 Å². The fourth-order valence-corrected chi connectivity index (χ4v) is 1.58. The first-order valence-electron chi connectivity index (χ1n) is 5.76. The van der Waals surface area contributed by atoms with E-state index in [4.69, 9.17) is 0 Å². The molecule has 18 heavy (non-hydrogen) atoms. The van der Waals surface area contributed by atoms with Crippen molar-refractivity contribution in [3.63, 3.8) is 0 Å². The van der Waals surface area contributed by atoms with E-state index in [-0.39, 0.29) is 11.6 Å². The summed E-state index contributed by atoms with van der Waals surface area (Å²) in [6.45, 7) is 7.65. The molecule has 6 heteroatoms. The van der Waals surface area contributed by atoms with Crippen molar-refractivity contribution in [2.75, 3.05) is 5.32 Å². The van der Waals surface area contributed by atoms with Gasteiger partial charge in [-0.25, -0.2) is 9.78 Å². The van der Waals surface area contributed by atoms with Crippen LogP contribution in [0.15, 0.2) is 12.1 Å². The average Bonchev–Trinajstić information content (AvgIpc) is 2.57. The Morgan fingerprint density at radius 1 is 1.33 bits per heavy atom. The molecule has 2 amide bonds. The van der Waals surface area contributed by atoms with Gasteiger partial charge in [0, 0.05) is 11.2 Å². The molecular formula is C12H17N5O. The second-order valence-corrected chi connectivity index (χ2v) is 5.25. The number of nitrogens with one attached hydrogen (secondary N) is 3. The van der Waals surface area contributed by atoms with E-state index < -0.39 is 0 Å². The highest BCUT2D eigenvalue weighted by molar-refractivity contribution is 5.97. The summed E-state index contributed by atoms with van der Waals surface area (Å²) in [5.41, 5.74) is 1.28. The molecule has 0 spiro atoms. The Bertz CT molecular complexity index is 582. The quantitative estimate of drug-likeness (QED) is 0.722. The normalized spacial score (nSPS) is 11.6. The topological polar surface area (TPSA) is 82.7 Å². The summed E-state index contributed by atoms with van der Waals surface area (Å²) >= 11 is 0. The van der Waals surface area contributed by atoms with E-state index >= 15 is 0 Å². The van der Waals surface area contributed by atoms with Crippen LogP contribution < -0.4 is 10.6 Å². The monoisotopic (exact) mass is 247 g/mol. The number of fused-ring (bicyclic) bond motifs is 1. The van der Waals surface area contributed by atoms with Crippen LogP contribution in [0.3, 0.4) is 0 Å². The molecule has 3 N–H and O–H groups in total. The Morgan fingerprint density at radius 2 is 2.06 bits per heavy atom. The second-order valence-electron chi connectivity index (χ2n) is 5.25. The molecule has 6 nitrogen and oxygen atoms in total. The third-order valence-corrected chi connectivity index (χ3v) is 2.28. The van der Waals surface area contributed by atoms with Crippen LogP contribution in [-0.2, 0) is 0 Å². The van der Waals surface area contributed by atoms with E-state index in [2.05, 4.69) is 25.8 Å². The van der Waals surface area contributed by atoms with Crippen LogP contribution in [0.5, 0.6) is 0 Å². The minimum Gasteiger partial charge on any atom is -0.333 e. The van der Waals surface area contributed by atoms with Gasteiger partial charge < -0.3 is 5.32 Å². The highest BCUT2D eigenvalue weighted by Crippen LogP contribution is 2.18. The lowest BCUT2D eigenvalue weighted by Crippen LogP contribution is -2.43. The fourth-order valence-electron chi connectivity index (χ4n) is 1.58. The van der Waals surface area contributed by atoms with Crippen LogP contribution in [-0.4, -0.2) is 26.8 Å². The minimum absolute atomic E-state index is 0.281. The molecule has 0 saturated carbocycles. The summed E-state index contributed by atoms with van der Waals surface area (Å²) in [6.07, 6.45) is 0. The van der Waals surface area contributed by atoms with Crippen molar-refractivity contribution >= 4 is 22.9 Å². The van der Waals surface area contributed by atoms with Crippen molar-refractivity contribution < 1.29 is 4.79 Å². The molecular weight excluding hydrogens is 230 g/mol. The molecule has 2 aromatic heterocycles. The molecule has 0 aliphatic heterocycles. The van der Waals surface area contributed by atoms with E-state index in [1.165, 1.54) is 0 Å². The number of aryl methyl sites for hydroxylation is 1. The molecule has 0 bridgehead atoms. The van der Waals surface area contributed by atoms with E-state index in [9.17, 15) is 4.79 Å². The standard InChI is InChI=1S/C12H17N5O/c1-7-5-6-8-9(13-7)16-17-10(8)14-11(18)15-12(2,3)4/h5-6H,1-4H3,(H3,13,14,15,16,17,18). The lowest BCUT2D eigenvalue weighted by Gasteiger charge is -2.20. The van der Waals surface area contributed by atoms with Gasteiger partial charge in [-0.15, -0.1) is 0 Å². The van der Waals surface area contributed by atoms with Crippen molar-refractivity contribution in [3.05, 3.63) is 17.8 Å². The molecule has 0 radical (unpaired) electrons. The van der Waals surface area contributed by atoms with E-state index in [1.54, 1.807) is 0 Å². The number of urea groups is 1. The summed E-state index contributed by atoms with van der Waals surface area (Å²) in [7, 11) is 0. The number of nitrogens with zero attached hydrogens (tertiary/aromatic N) is 2. The summed E-state index contributed by atoms with van der Waals surface area (Å²) in [5.74, 6) is 0.485. The predicted molar refractivity (Wildman–Crippen MR) is 70.5 cm³/mol. The van der Waals surface area contributed by atoms with Crippen LogP contribution in [0.25, 0.3) is 11.0 Å².